The molecular formula is C12H16BrNO3. The van der Waals surface area contributed by atoms with Crippen molar-refractivity contribution in [3.05, 3.63) is 27.7 Å². The van der Waals surface area contributed by atoms with Gasteiger partial charge in [0.25, 0.3) is 0 Å². The maximum Gasteiger partial charge on any atom is 0.336 e. The zero-order valence-electron chi connectivity index (χ0n) is 9.99. The van der Waals surface area contributed by atoms with Gasteiger partial charge in [0.05, 0.1) is 10.0 Å². The third-order valence-electron chi connectivity index (χ3n) is 2.64. The van der Waals surface area contributed by atoms with Gasteiger partial charge in [0.15, 0.2) is 0 Å². The molecule has 1 atom stereocenters. The van der Waals surface area contributed by atoms with E-state index in [0.717, 1.165) is 0 Å². The van der Waals surface area contributed by atoms with Crippen LogP contribution in [0.4, 0.5) is 0 Å². The third kappa shape index (κ3) is 2.79. The van der Waals surface area contributed by atoms with Gasteiger partial charge in [-0.25, -0.2) is 4.79 Å². The molecule has 0 fully saturated rings. The second kappa shape index (κ2) is 4.66. The topological polar surface area (TPSA) is 83.6 Å². The largest absolute Gasteiger partial charge is 0.506 e. The fourth-order valence-electron chi connectivity index (χ4n) is 1.52. The van der Waals surface area contributed by atoms with Crippen LogP contribution >= 0.6 is 15.9 Å². The Morgan fingerprint density at radius 1 is 1.41 bits per heavy atom. The summed E-state index contributed by atoms with van der Waals surface area (Å²) in [4.78, 5) is 11.1. The van der Waals surface area contributed by atoms with Gasteiger partial charge in [-0.3, -0.25) is 0 Å². The molecule has 0 aliphatic rings. The van der Waals surface area contributed by atoms with Gasteiger partial charge < -0.3 is 15.9 Å². The van der Waals surface area contributed by atoms with E-state index in [4.69, 9.17) is 10.8 Å². The van der Waals surface area contributed by atoms with Gasteiger partial charge in [0.2, 0.25) is 0 Å². The molecular weight excluding hydrogens is 286 g/mol. The van der Waals surface area contributed by atoms with Gasteiger partial charge in [0.1, 0.15) is 5.75 Å². The molecule has 0 aliphatic heterocycles. The van der Waals surface area contributed by atoms with Crippen molar-refractivity contribution in [1.29, 1.82) is 0 Å². The molecule has 1 aromatic carbocycles. The predicted molar refractivity (Wildman–Crippen MR) is 69.1 cm³/mol. The van der Waals surface area contributed by atoms with Crippen molar-refractivity contribution in [2.75, 3.05) is 0 Å². The van der Waals surface area contributed by atoms with E-state index in [9.17, 15) is 9.90 Å². The van der Waals surface area contributed by atoms with Gasteiger partial charge in [-0.1, -0.05) is 20.8 Å². The third-order valence-corrected chi connectivity index (χ3v) is 3.28. The number of benzene rings is 1. The Balaban J connectivity index is 3.49. The average Bonchev–Trinajstić information content (AvgIpc) is 2.19. The summed E-state index contributed by atoms with van der Waals surface area (Å²) >= 11 is 3.17. The van der Waals surface area contributed by atoms with E-state index < -0.39 is 12.0 Å². The highest BCUT2D eigenvalue weighted by atomic mass is 79.9. The van der Waals surface area contributed by atoms with Crippen LogP contribution in [0.2, 0.25) is 0 Å². The van der Waals surface area contributed by atoms with Crippen LogP contribution in [-0.4, -0.2) is 16.2 Å². The number of carboxylic acid groups (broad SMARTS) is 1. The molecule has 0 saturated carbocycles. The highest BCUT2D eigenvalue weighted by Gasteiger charge is 2.29. The molecule has 4 N–H and O–H groups in total. The minimum atomic E-state index is -1.09. The molecule has 0 spiro atoms. The van der Waals surface area contributed by atoms with Crippen LogP contribution in [0, 0.1) is 5.41 Å². The lowest BCUT2D eigenvalue weighted by atomic mass is 9.81. The number of carboxylic acids is 1. The van der Waals surface area contributed by atoms with Gasteiger partial charge in [-0.05, 0) is 33.5 Å². The lowest BCUT2D eigenvalue weighted by Crippen LogP contribution is -2.28. The van der Waals surface area contributed by atoms with Crippen LogP contribution in [0.1, 0.15) is 42.7 Å². The van der Waals surface area contributed by atoms with Crippen molar-refractivity contribution in [3.63, 3.8) is 0 Å². The van der Waals surface area contributed by atoms with Crippen molar-refractivity contribution in [2.45, 2.75) is 26.8 Å². The van der Waals surface area contributed by atoms with E-state index in [1.54, 1.807) is 0 Å². The van der Waals surface area contributed by atoms with Gasteiger partial charge >= 0.3 is 5.97 Å². The number of nitrogens with two attached hydrogens (primary N) is 1. The normalized spacial score (nSPS) is 13.5. The number of hydrogen-bond acceptors (Lipinski definition) is 3. The Labute approximate surface area is 109 Å². The fraction of sp³-hybridized carbons (Fsp3) is 0.417. The SMILES string of the molecule is CC(C)(C)[C@@H](N)c1c(C(=O)O)ccc(Br)c1O. The minimum Gasteiger partial charge on any atom is -0.506 e. The number of aromatic hydroxyl groups is 1. The van der Waals surface area contributed by atoms with Crippen LogP contribution < -0.4 is 5.73 Å². The lowest BCUT2D eigenvalue weighted by molar-refractivity contribution is 0.0693. The number of carbonyl (C=O) groups is 1. The van der Waals surface area contributed by atoms with Gasteiger partial charge in [0, 0.05) is 11.6 Å². The molecule has 0 bridgehead atoms. The number of phenols is 1. The van der Waals surface area contributed by atoms with Crippen LogP contribution in [0.5, 0.6) is 5.75 Å². The Bertz CT molecular complexity index is 452. The van der Waals surface area contributed by atoms with Crippen LogP contribution in [0.15, 0.2) is 16.6 Å². The first-order valence-corrected chi connectivity index (χ1v) is 5.95. The number of rotatable bonds is 2. The van der Waals surface area contributed by atoms with E-state index >= 15 is 0 Å². The quantitative estimate of drug-likeness (QED) is 0.784. The maximum absolute atomic E-state index is 11.1. The predicted octanol–water partition coefficient (Wildman–Crippen LogP) is 2.90. The first-order chi connectivity index (χ1) is 7.66. The second-order valence-electron chi connectivity index (χ2n) is 5.01. The van der Waals surface area contributed by atoms with E-state index in [0.29, 0.717) is 4.47 Å². The number of halogens is 1. The summed E-state index contributed by atoms with van der Waals surface area (Å²) in [5.41, 5.74) is 5.99. The van der Waals surface area contributed by atoms with E-state index in [1.807, 2.05) is 20.8 Å². The summed E-state index contributed by atoms with van der Waals surface area (Å²) in [6, 6.07) is 2.37. The summed E-state index contributed by atoms with van der Waals surface area (Å²) < 4.78 is 0.442. The molecule has 0 amide bonds. The Kier molecular flexibility index (Phi) is 3.84. The van der Waals surface area contributed by atoms with Crippen molar-refractivity contribution in [3.8, 4) is 5.75 Å². The lowest BCUT2D eigenvalue weighted by Gasteiger charge is -2.29. The smallest absolute Gasteiger partial charge is 0.336 e. The molecule has 1 aromatic rings. The van der Waals surface area contributed by atoms with Crippen LogP contribution in [-0.2, 0) is 0 Å². The summed E-state index contributed by atoms with van der Waals surface area (Å²) in [6.45, 7) is 5.68. The highest BCUT2D eigenvalue weighted by Crippen LogP contribution is 2.40. The molecule has 5 heteroatoms. The van der Waals surface area contributed by atoms with Crippen molar-refractivity contribution in [1.82, 2.24) is 0 Å². The molecule has 0 aromatic heterocycles. The molecule has 0 saturated heterocycles. The van der Waals surface area contributed by atoms with E-state index in [-0.39, 0.29) is 22.3 Å². The van der Waals surface area contributed by atoms with Crippen molar-refractivity contribution in [2.24, 2.45) is 11.1 Å². The monoisotopic (exact) mass is 301 g/mol. The van der Waals surface area contributed by atoms with Crippen molar-refractivity contribution >= 4 is 21.9 Å². The first-order valence-electron chi connectivity index (χ1n) is 5.16. The summed E-state index contributed by atoms with van der Waals surface area (Å²) in [5, 5.41) is 19.1. The summed E-state index contributed by atoms with van der Waals surface area (Å²) in [5.74, 6) is -1.20. The van der Waals surface area contributed by atoms with Crippen LogP contribution in [0.3, 0.4) is 0 Å². The molecule has 0 radical (unpaired) electrons. The molecule has 17 heavy (non-hydrogen) atoms. The molecule has 1 rings (SSSR count). The maximum atomic E-state index is 11.1. The number of phenolic OH excluding ortho intramolecular Hbond substituents is 1. The zero-order chi connectivity index (χ0) is 13.4. The molecule has 0 heterocycles. The zero-order valence-corrected chi connectivity index (χ0v) is 11.6. The Hall–Kier alpha value is -1.07. The average molecular weight is 302 g/mol. The molecule has 0 aliphatic carbocycles. The van der Waals surface area contributed by atoms with Gasteiger partial charge in [-0.15, -0.1) is 0 Å². The Morgan fingerprint density at radius 3 is 2.35 bits per heavy atom. The van der Waals surface area contributed by atoms with Gasteiger partial charge in [-0.2, -0.15) is 0 Å². The number of hydrogen-bond donors (Lipinski definition) is 3. The van der Waals surface area contributed by atoms with Crippen LogP contribution in [0.25, 0.3) is 0 Å². The molecule has 0 unspecified atom stereocenters. The second-order valence-corrected chi connectivity index (χ2v) is 5.86. The van der Waals surface area contributed by atoms with Crippen molar-refractivity contribution < 1.29 is 15.0 Å². The molecule has 4 nitrogen and oxygen atoms in total. The standard InChI is InChI=1S/C12H16BrNO3/c1-12(2,3)10(14)8-6(11(16)17)4-5-7(13)9(8)15/h4-5,10,15H,14H2,1-3H3,(H,16,17)/t10-/m0/s1. The van der Waals surface area contributed by atoms with E-state index in [1.165, 1.54) is 12.1 Å². The fourth-order valence-corrected chi connectivity index (χ4v) is 1.86. The number of aromatic carboxylic acids is 1. The minimum absolute atomic E-state index is 0.0353. The summed E-state index contributed by atoms with van der Waals surface area (Å²) in [7, 11) is 0. The first kappa shape index (κ1) is 14.0. The highest BCUT2D eigenvalue weighted by molar-refractivity contribution is 9.10. The van der Waals surface area contributed by atoms with E-state index in [2.05, 4.69) is 15.9 Å². The molecule has 94 valence electrons. The Morgan fingerprint density at radius 2 is 1.94 bits per heavy atom. The summed E-state index contributed by atoms with van der Waals surface area (Å²) in [6.07, 6.45) is 0.